The van der Waals surface area contributed by atoms with Gasteiger partial charge in [0.2, 0.25) is 5.91 Å². The highest BCUT2D eigenvalue weighted by molar-refractivity contribution is 5.89. The van der Waals surface area contributed by atoms with Crippen molar-refractivity contribution < 1.29 is 9.90 Å². The molecule has 1 heterocycles. The Bertz CT molecular complexity index is 780. The number of phenols is 1. The Labute approximate surface area is 184 Å². The van der Waals surface area contributed by atoms with Crippen LogP contribution in [0.1, 0.15) is 100 Å². The third-order valence-electron chi connectivity index (χ3n) is 6.83. The summed E-state index contributed by atoms with van der Waals surface area (Å²) in [5, 5.41) is 17.3. The summed E-state index contributed by atoms with van der Waals surface area (Å²) in [7, 11) is 0. The van der Waals surface area contributed by atoms with Crippen LogP contribution in [-0.4, -0.2) is 28.1 Å². The van der Waals surface area contributed by atoms with Gasteiger partial charge in [-0.1, -0.05) is 47.6 Å². The highest BCUT2D eigenvalue weighted by Crippen LogP contribution is 2.46. The van der Waals surface area contributed by atoms with Gasteiger partial charge in [-0.2, -0.15) is 0 Å². The lowest BCUT2D eigenvalue weighted by atomic mass is 9.60. The van der Waals surface area contributed by atoms with Crippen LogP contribution >= 0.6 is 0 Å². The second kappa shape index (κ2) is 7.55. The minimum Gasteiger partial charge on any atom is -0.508 e. The molecule has 0 radical (unpaired) electrons. The summed E-state index contributed by atoms with van der Waals surface area (Å²) >= 11 is 0. The molecule has 1 aromatic rings. The first kappa shape index (κ1) is 24.7. The Kier molecular flexibility index (Phi) is 6.22. The maximum atomic E-state index is 14.0. The number of rotatable bonds is 3. The molecule has 3 N–H and O–H groups in total. The molecule has 0 saturated carbocycles. The number of benzene rings is 1. The molecule has 1 unspecified atom stereocenters. The monoisotopic (exact) mass is 416 g/mol. The van der Waals surface area contributed by atoms with E-state index in [4.69, 9.17) is 0 Å². The van der Waals surface area contributed by atoms with Gasteiger partial charge in [0.1, 0.15) is 5.75 Å². The predicted octanol–water partition coefficient (Wildman–Crippen LogP) is 5.42. The van der Waals surface area contributed by atoms with Crippen molar-refractivity contribution in [2.45, 2.75) is 117 Å². The Morgan fingerprint density at radius 2 is 1.47 bits per heavy atom. The van der Waals surface area contributed by atoms with E-state index in [1.807, 2.05) is 12.1 Å². The molecule has 1 aliphatic heterocycles. The summed E-state index contributed by atoms with van der Waals surface area (Å²) in [6, 6.07) is 5.58. The number of nitrogens with one attached hydrogen (secondary N) is 2. The quantitative estimate of drug-likeness (QED) is 0.616. The molecule has 1 aliphatic rings. The first-order valence-electron chi connectivity index (χ1n) is 11.2. The van der Waals surface area contributed by atoms with Gasteiger partial charge in [-0.05, 0) is 81.5 Å². The van der Waals surface area contributed by atoms with Crippen molar-refractivity contribution in [3.05, 3.63) is 29.3 Å². The lowest BCUT2D eigenvalue weighted by Crippen LogP contribution is -2.64. The fraction of sp³-hybridized carbons (Fsp3) is 0.731. The fourth-order valence-electron chi connectivity index (χ4n) is 5.21. The van der Waals surface area contributed by atoms with E-state index in [1.54, 1.807) is 6.07 Å². The van der Waals surface area contributed by atoms with Crippen molar-refractivity contribution in [1.29, 1.82) is 0 Å². The second-order valence-electron chi connectivity index (χ2n) is 12.8. The summed E-state index contributed by atoms with van der Waals surface area (Å²) < 4.78 is 0. The topological polar surface area (TPSA) is 61.4 Å². The third-order valence-corrected chi connectivity index (χ3v) is 6.83. The summed E-state index contributed by atoms with van der Waals surface area (Å²) in [6.07, 6.45) is 1.79. The number of carbonyl (C=O) groups is 1. The molecule has 1 aromatic carbocycles. The lowest BCUT2D eigenvalue weighted by Gasteiger charge is -2.49. The van der Waals surface area contributed by atoms with Crippen molar-refractivity contribution in [3.8, 4) is 5.75 Å². The van der Waals surface area contributed by atoms with Crippen LogP contribution in [0.3, 0.4) is 0 Å². The molecule has 30 heavy (non-hydrogen) atoms. The molecule has 1 atom stereocenters. The van der Waals surface area contributed by atoms with E-state index in [0.29, 0.717) is 0 Å². The van der Waals surface area contributed by atoms with Crippen LogP contribution < -0.4 is 10.6 Å². The normalized spacial score (nSPS) is 21.7. The number of phenolic OH excluding ortho intramolecular Hbond substituents is 1. The van der Waals surface area contributed by atoms with E-state index in [0.717, 1.165) is 24.0 Å². The molecular formula is C26H44N2O2. The van der Waals surface area contributed by atoms with Crippen LogP contribution in [0.4, 0.5) is 0 Å². The predicted molar refractivity (Wildman–Crippen MR) is 126 cm³/mol. The average Bonchev–Trinajstić information content (AvgIpc) is 2.48. The van der Waals surface area contributed by atoms with Crippen molar-refractivity contribution in [2.75, 3.05) is 0 Å². The largest absolute Gasteiger partial charge is 0.508 e. The second-order valence-corrected chi connectivity index (χ2v) is 12.8. The fourth-order valence-corrected chi connectivity index (χ4v) is 5.21. The van der Waals surface area contributed by atoms with E-state index >= 15 is 0 Å². The Morgan fingerprint density at radius 3 is 1.90 bits per heavy atom. The Hall–Kier alpha value is -1.55. The highest BCUT2D eigenvalue weighted by Gasteiger charge is 2.49. The third kappa shape index (κ3) is 5.01. The zero-order valence-electron chi connectivity index (χ0n) is 21.1. The Balaban J connectivity index is 2.52. The lowest BCUT2D eigenvalue weighted by molar-refractivity contribution is -0.131. The first-order valence-corrected chi connectivity index (χ1v) is 11.2. The van der Waals surface area contributed by atoms with Crippen molar-refractivity contribution in [1.82, 2.24) is 10.6 Å². The Morgan fingerprint density at radius 1 is 0.967 bits per heavy atom. The van der Waals surface area contributed by atoms with Crippen LogP contribution in [0.25, 0.3) is 0 Å². The SMILES string of the molecule is CC1(C)CC(NC(=O)C(C)(c2ccc(O)cc2C(C)(C)C)C(C)(C)C)CC(C)(C)N1. The number of amides is 1. The maximum Gasteiger partial charge on any atom is 0.231 e. The van der Waals surface area contributed by atoms with Crippen molar-refractivity contribution >= 4 is 5.91 Å². The zero-order valence-corrected chi connectivity index (χ0v) is 21.1. The van der Waals surface area contributed by atoms with Gasteiger partial charge in [-0.25, -0.2) is 0 Å². The minimum absolute atomic E-state index is 0.0348. The molecule has 1 fully saturated rings. The highest BCUT2D eigenvalue weighted by atomic mass is 16.3. The van der Waals surface area contributed by atoms with E-state index in [-0.39, 0.29) is 39.6 Å². The summed E-state index contributed by atoms with van der Waals surface area (Å²) in [4.78, 5) is 14.0. The number of hydrogen-bond acceptors (Lipinski definition) is 3. The molecule has 1 saturated heterocycles. The molecule has 4 heteroatoms. The van der Waals surface area contributed by atoms with Gasteiger partial charge < -0.3 is 15.7 Å². The number of hydrogen-bond donors (Lipinski definition) is 3. The maximum absolute atomic E-state index is 14.0. The van der Waals surface area contributed by atoms with E-state index in [1.165, 1.54) is 0 Å². The average molecular weight is 417 g/mol. The van der Waals surface area contributed by atoms with Crippen molar-refractivity contribution in [3.63, 3.8) is 0 Å². The van der Waals surface area contributed by atoms with E-state index in [2.05, 4.69) is 86.8 Å². The molecule has 0 aromatic heterocycles. The summed E-state index contributed by atoms with van der Waals surface area (Å²) in [5.74, 6) is 0.298. The first-order chi connectivity index (χ1) is 13.3. The van der Waals surface area contributed by atoms with Crippen LogP contribution in [0.2, 0.25) is 0 Å². The smallest absolute Gasteiger partial charge is 0.231 e. The van der Waals surface area contributed by atoms with Gasteiger partial charge in [-0.3, -0.25) is 4.79 Å². The molecule has 170 valence electrons. The van der Waals surface area contributed by atoms with Gasteiger partial charge >= 0.3 is 0 Å². The number of piperidine rings is 1. The van der Waals surface area contributed by atoms with Crippen LogP contribution in [0.15, 0.2) is 18.2 Å². The van der Waals surface area contributed by atoms with Gasteiger partial charge in [-0.15, -0.1) is 0 Å². The molecule has 2 rings (SSSR count). The van der Waals surface area contributed by atoms with E-state index < -0.39 is 5.41 Å². The van der Waals surface area contributed by atoms with Crippen LogP contribution in [0, 0.1) is 5.41 Å². The molecule has 0 aliphatic carbocycles. The van der Waals surface area contributed by atoms with E-state index in [9.17, 15) is 9.90 Å². The number of aromatic hydroxyl groups is 1. The molecule has 0 spiro atoms. The van der Waals surface area contributed by atoms with Crippen molar-refractivity contribution in [2.24, 2.45) is 5.41 Å². The summed E-state index contributed by atoms with van der Waals surface area (Å²) in [5.41, 5.74) is 0.680. The van der Waals surface area contributed by atoms with Gasteiger partial charge in [0.15, 0.2) is 0 Å². The van der Waals surface area contributed by atoms with Gasteiger partial charge in [0, 0.05) is 17.1 Å². The van der Waals surface area contributed by atoms with Gasteiger partial charge in [0.05, 0.1) is 5.41 Å². The molecule has 4 nitrogen and oxygen atoms in total. The standard InChI is InChI=1S/C26H44N2O2/c1-22(2,3)20-14-18(29)12-13-19(20)26(11,23(4,5)6)21(30)27-17-15-24(7,8)28-25(9,10)16-17/h12-14,17,28-29H,15-16H2,1-11H3,(H,27,30). The van der Waals surface area contributed by atoms with Crippen LogP contribution in [0.5, 0.6) is 5.75 Å². The molecule has 1 amide bonds. The summed E-state index contributed by atoms with van der Waals surface area (Å²) in [6.45, 7) is 23.6. The number of carbonyl (C=O) groups excluding carboxylic acids is 1. The molecule has 0 bridgehead atoms. The minimum atomic E-state index is -0.748. The van der Waals surface area contributed by atoms with Crippen LogP contribution in [-0.2, 0) is 15.6 Å². The van der Waals surface area contributed by atoms with Gasteiger partial charge in [0.25, 0.3) is 0 Å². The molecular weight excluding hydrogens is 372 g/mol. The zero-order chi connectivity index (χ0) is 23.3.